The van der Waals surface area contributed by atoms with Gasteiger partial charge in [0.1, 0.15) is 0 Å². The summed E-state index contributed by atoms with van der Waals surface area (Å²) < 4.78 is 0. The summed E-state index contributed by atoms with van der Waals surface area (Å²) in [4.78, 5) is 10.7. The van der Waals surface area contributed by atoms with Crippen LogP contribution in [0, 0.1) is 5.92 Å². The van der Waals surface area contributed by atoms with Crippen molar-refractivity contribution in [3.8, 4) is 0 Å². The predicted octanol–water partition coefficient (Wildman–Crippen LogP) is 1.81. The molecule has 0 aromatic heterocycles. The van der Waals surface area contributed by atoms with Crippen LogP contribution in [0.3, 0.4) is 0 Å². The van der Waals surface area contributed by atoms with E-state index in [1.807, 2.05) is 13.8 Å². The van der Waals surface area contributed by atoms with E-state index in [4.69, 9.17) is 10.2 Å². The van der Waals surface area contributed by atoms with Crippen molar-refractivity contribution >= 4 is 5.97 Å². The summed E-state index contributed by atoms with van der Waals surface area (Å²) in [6.07, 6.45) is 2.08. The van der Waals surface area contributed by atoms with E-state index in [-0.39, 0.29) is 0 Å². The minimum absolute atomic E-state index is 0.309. The van der Waals surface area contributed by atoms with Crippen LogP contribution >= 0.6 is 0 Å². The van der Waals surface area contributed by atoms with Crippen molar-refractivity contribution in [1.82, 2.24) is 0 Å². The van der Waals surface area contributed by atoms with E-state index >= 15 is 0 Å². The summed E-state index contributed by atoms with van der Waals surface area (Å²) in [5.74, 6) is -0.446. The second-order valence-electron chi connectivity index (χ2n) is 3.67. The van der Waals surface area contributed by atoms with Crippen LogP contribution in [0.15, 0.2) is 11.6 Å². The highest BCUT2D eigenvalue weighted by Gasteiger charge is 2.08. The first-order chi connectivity index (χ1) is 5.93. The van der Waals surface area contributed by atoms with Gasteiger partial charge in [-0.2, -0.15) is 0 Å². The Labute approximate surface area is 79.1 Å². The second kappa shape index (κ2) is 5.75. The maximum Gasteiger partial charge on any atom is 0.331 e. The molecule has 0 aliphatic heterocycles. The Morgan fingerprint density at radius 3 is 2.23 bits per heavy atom. The summed E-state index contributed by atoms with van der Waals surface area (Å²) in [6.45, 7) is 5.64. The predicted molar refractivity (Wildman–Crippen MR) is 51.5 cm³/mol. The topological polar surface area (TPSA) is 57.5 Å². The monoisotopic (exact) mass is 186 g/mol. The molecule has 1 unspecified atom stereocenters. The minimum atomic E-state index is -0.929. The first-order valence-electron chi connectivity index (χ1n) is 4.55. The number of carbonyl (C=O) groups is 1. The highest BCUT2D eigenvalue weighted by Crippen LogP contribution is 2.12. The van der Waals surface area contributed by atoms with Crippen LogP contribution in [-0.4, -0.2) is 22.3 Å². The number of hydrogen-bond donors (Lipinski definition) is 2. The van der Waals surface area contributed by atoms with Gasteiger partial charge in [-0.1, -0.05) is 13.8 Å². The second-order valence-corrected chi connectivity index (χ2v) is 3.67. The quantitative estimate of drug-likeness (QED) is 0.644. The Kier molecular flexibility index (Phi) is 5.39. The third-order valence-electron chi connectivity index (χ3n) is 1.71. The van der Waals surface area contributed by atoms with E-state index in [9.17, 15) is 4.79 Å². The van der Waals surface area contributed by atoms with Crippen LogP contribution in [0.2, 0.25) is 0 Å². The highest BCUT2D eigenvalue weighted by molar-refractivity contribution is 5.86. The van der Waals surface area contributed by atoms with Gasteiger partial charge in [0.2, 0.25) is 0 Å². The zero-order valence-corrected chi connectivity index (χ0v) is 8.45. The molecule has 13 heavy (non-hydrogen) atoms. The molecule has 0 rings (SSSR count). The zero-order chi connectivity index (χ0) is 10.4. The normalized spacial score (nSPS) is 14.7. The Bertz CT molecular complexity index is 192. The molecule has 0 bridgehead atoms. The Hall–Kier alpha value is -0.830. The molecule has 0 saturated carbocycles. The molecule has 0 aromatic rings. The molecule has 0 radical (unpaired) electrons. The minimum Gasteiger partial charge on any atom is -0.478 e. The van der Waals surface area contributed by atoms with Crippen LogP contribution < -0.4 is 0 Å². The van der Waals surface area contributed by atoms with Crippen molar-refractivity contribution < 1.29 is 15.0 Å². The summed E-state index contributed by atoms with van der Waals surface area (Å²) in [6, 6.07) is 0. The molecular formula is C10H18O3. The van der Waals surface area contributed by atoms with Gasteiger partial charge in [0.05, 0.1) is 6.10 Å². The largest absolute Gasteiger partial charge is 0.478 e. The molecular weight excluding hydrogens is 168 g/mol. The van der Waals surface area contributed by atoms with Crippen molar-refractivity contribution in [1.29, 1.82) is 0 Å². The average molecular weight is 186 g/mol. The Morgan fingerprint density at radius 2 is 1.92 bits per heavy atom. The lowest BCUT2D eigenvalue weighted by Crippen LogP contribution is -2.06. The van der Waals surface area contributed by atoms with Gasteiger partial charge in [-0.15, -0.1) is 0 Å². The zero-order valence-electron chi connectivity index (χ0n) is 8.45. The molecule has 0 aromatic carbocycles. The molecule has 76 valence electrons. The SMILES string of the molecule is CC(O)/C=C(\CCC(C)C)C(=O)O. The molecule has 0 fully saturated rings. The number of carboxylic acid groups (broad SMARTS) is 1. The van der Waals surface area contributed by atoms with Crippen molar-refractivity contribution in [3.63, 3.8) is 0 Å². The van der Waals surface area contributed by atoms with E-state index in [1.165, 1.54) is 6.08 Å². The van der Waals surface area contributed by atoms with Gasteiger partial charge in [-0.25, -0.2) is 4.79 Å². The van der Waals surface area contributed by atoms with Crippen LogP contribution in [-0.2, 0) is 4.79 Å². The Balaban J connectivity index is 4.19. The number of hydrogen-bond acceptors (Lipinski definition) is 2. The van der Waals surface area contributed by atoms with Crippen molar-refractivity contribution in [2.24, 2.45) is 5.92 Å². The van der Waals surface area contributed by atoms with Gasteiger partial charge in [-0.3, -0.25) is 0 Å². The smallest absolute Gasteiger partial charge is 0.331 e. The van der Waals surface area contributed by atoms with Gasteiger partial charge in [-0.05, 0) is 31.8 Å². The lowest BCUT2D eigenvalue weighted by molar-refractivity contribution is -0.132. The third kappa shape index (κ3) is 6.34. The van der Waals surface area contributed by atoms with Crippen LogP contribution in [0.1, 0.15) is 33.6 Å². The van der Waals surface area contributed by atoms with Gasteiger partial charge in [0.25, 0.3) is 0 Å². The first kappa shape index (κ1) is 12.2. The maximum atomic E-state index is 10.7. The summed E-state index contributed by atoms with van der Waals surface area (Å²) in [5, 5.41) is 17.8. The molecule has 0 aliphatic carbocycles. The lowest BCUT2D eigenvalue weighted by Gasteiger charge is -2.06. The fourth-order valence-electron chi connectivity index (χ4n) is 0.997. The first-order valence-corrected chi connectivity index (χ1v) is 4.55. The number of rotatable bonds is 5. The Morgan fingerprint density at radius 1 is 1.38 bits per heavy atom. The van der Waals surface area contributed by atoms with E-state index in [0.29, 0.717) is 17.9 Å². The fourth-order valence-corrected chi connectivity index (χ4v) is 0.997. The van der Waals surface area contributed by atoms with E-state index in [2.05, 4.69) is 0 Å². The summed E-state index contributed by atoms with van der Waals surface area (Å²) >= 11 is 0. The molecule has 3 nitrogen and oxygen atoms in total. The number of aliphatic hydroxyl groups excluding tert-OH is 1. The van der Waals surface area contributed by atoms with Crippen LogP contribution in [0.25, 0.3) is 0 Å². The third-order valence-corrected chi connectivity index (χ3v) is 1.71. The number of aliphatic carboxylic acids is 1. The average Bonchev–Trinajstić information content (AvgIpc) is 1.96. The standard InChI is InChI=1S/C10H18O3/c1-7(2)4-5-9(10(12)13)6-8(3)11/h6-8,11H,4-5H2,1-3H3,(H,12,13)/b9-6+. The van der Waals surface area contributed by atoms with Crippen LogP contribution in [0.4, 0.5) is 0 Å². The number of carboxylic acids is 1. The molecule has 0 saturated heterocycles. The number of aliphatic hydroxyl groups is 1. The van der Waals surface area contributed by atoms with Crippen molar-refractivity contribution in [2.75, 3.05) is 0 Å². The molecule has 0 aliphatic rings. The van der Waals surface area contributed by atoms with Crippen molar-refractivity contribution in [2.45, 2.75) is 39.7 Å². The summed E-state index contributed by atoms with van der Waals surface area (Å²) in [5.41, 5.74) is 0.309. The van der Waals surface area contributed by atoms with E-state index in [0.717, 1.165) is 6.42 Å². The van der Waals surface area contributed by atoms with Crippen molar-refractivity contribution in [3.05, 3.63) is 11.6 Å². The fraction of sp³-hybridized carbons (Fsp3) is 0.700. The maximum absolute atomic E-state index is 10.7. The van der Waals surface area contributed by atoms with Gasteiger partial charge < -0.3 is 10.2 Å². The van der Waals surface area contributed by atoms with Gasteiger partial charge in [0, 0.05) is 5.57 Å². The van der Waals surface area contributed by atoms with E-state index in [1.54, 1.807) is 6.92 Å². The van der Waals surface area contributed by atoms with E-state index < -0.39 is 12.1 Å². The molecule has 1 atom stereocenters. The lowest BCUT2D eigenvalue weighted by atomic mass is 10.0. The van der Waals surface area contributed by atoms with Gasteiger partial charge in [0.15, 0.2) is 0 Å². The van der Waals surface area contributed by atoms with Crippen LogP contribution in [0.5, 0.6) is 0 Å². The molecule has 3 heteroatoms. The molecule has 0 heterocycles. The highest BCUT2D eigenvalue weighted by atomic mass is 16.4. The van der Waals surface area contributed by atoms with Gasteiger partial charge >= 0.3 is 5.97 Å². The molecule has 0 spiro atoms. The molecule has 0 amide bonds. The molecule has 2 N–H and O–H groups in total. The summed E-state index contributed by atoms with van der Waals surface area (Å²) in [7, 11) is 0.